The molecule has 1 aromatic heterocycles. The summed E-state index contributed by atoms with van der Waals surface area (Å²) in [5.41, 5.74) is 7.00. The zero-order valence-electron chi connectivity index (χ0n) is 50.6. The number of amides is 7. The second-order valence-corrected chi connectivity index (χ2v) is 21.6. The lowest BCUT2D eigenvalue weighted by molar-refractivity contribution is -0.144. The van der Waals surface area contributed by atoms with Gasteiger partial charge in [-0.2, -0.15) is 0 Å². The first-order valence-electron chi connectivity index (χ1n) is 29.1. The molecular weight excluding hydrogens is 1120 g/mol. The van der Waals surface area contributed by atoms with Crippen molar-refractivity contribution >= 4 is 41.4 Å². The number of halogens is 2. The number of benzene rings is 2. The number of ether oxygens (including phenoxy) is 8. The lowest BCUT2D eigenvalue weighted by Gasteiger charge is -2.41. The van der Waals surface area contributed by atoms with Gasteiger partial charge < -0.3 is 73.7 Å². The van der Waals surface area contributed by atoms with Crippen molar-refractivity contribution in [1.82, 2.24) is 29.9 Å². The fourth-order valence-electron chi connectivity index (χ4n) is 9.12. The summed E-state index contributed by atoms with van der Waals surface area (Å²) in [4.78, 5) is 92.8. The predicted octanol–water partition coefficient (Wildman–Crippen LogP) is 3.58. The summed E-state index contributed by atoms with van der Waals surface area (Å²) in [6.07, 6.45) is 4.17. The van der Waals surface area contributed by atoms with Crippen molar-refractivity contribution in [2.75, 3.05) is 138 Å². The number of carbonyl (C=O) groups is 7. The van der Waals surface area contributed by atoms with E-state index in [1.807, 2.05) is 55.7 Å². The van der Waals surface area contributed by atoms with Crippen molar-refractivity contribution in [1.29, 1.82) is 0 Å². The third-order valence-corrected chi connectivity index (χ3v) is 13.6. The molecule has 3 aromatic rings. The predicted molar refractivity (Wildman–Crippen MR) is 313 cm³/mol. The molecule has 2 heterocycles. The van der Waals surface area contributed by atoms with Crippen LogP contribution in [0, 0.1) is 23.0 Å². The Morgan fingerprint density at radius 2 is 1.17 bits per heavy atom. The maximum atomic E-state index is 15.3. The van der Waals surface area contributed by atoms with Crippen LogP contribution in [-0.4, -0.2) is 216 Å². The van der Waals surface area contributed by atoms with Gasteiger partial charge in [-0.1, -0.05) is 65.0 Å². The molecule has 2 aromatic carbocycles. The van der Waals surface area contributed by atoms with Crippen molar-refractivity contribution in [2.24, 2.45) is 17.1 Å². The van der Waals surface area contributed by atoms with E-state index in [9.17, 15) is 43.1 Å². The summed E-state index contributed by atoms with van der Waals surface area (Å²) >= 11 is 0. The Balaban J connectivity index is 1.08. The summed E-state index contributed by atoms with van der Waals surface area (Å²) in [6.45, 7) is 15.8. The van der Waals surface area contributed by atoms with Gasteiger partial charge in [0, 0.05) is 80.7 Å². The van der Waals surface area contributed by atoms with Crippen LogP contribution in [0.5, 0.6) is 0 Å². The molecule has 23 nitrogen and oxygen atoms in total. The number of rotatable bonds is 45. The molecule has 0 bridgehead atoms. The van der Waals surface area contributed by atoms with Gasteiger partial charge in [-0.15, -0.1) is 0 Å². The first kappa shape index (κ1) is 71.9. The highest BCUT2D eigenvalue weighted by molar-refractivity contribution is 6.13. The number of aliphatic hydroxyl groups is 1. The Labute approximate surface area is 503 Å². The number of nitrogens with one attached hydrogen (secondary N) is 2. The minimum absolute atomic E-state index is 0.00259. The number of aromatic nitrogens is 1. The van der Waals surface area contributed by atoms with Crippen LogP contribution in [0.2, 0.25) is 0 Å². The van der Waals surface area contributed by atoms with Crippen LogP contribution in [0.25, 0.3) is 11.1 Å². The lowest BCUT2D eigenvalue weighted by Crippen LogP contribution is -2.56. The van der Waals surface area contributed by atoms with Gasteiger partial charge in [0.15, 0.2) is 0 Å². The van der Waals surface area contributed by atoms with Gasteiger partial charge in [0.2, 0.25) is 29.5 Å². The van der Waals surface area contributed by atoms with Gasteiger partial charge in [-0.05, 0) is 54.5 Å². The number of imide groups is 1. The summed E-state index contributed by atoms with van der Waals surface area (Å²) < 4.78 is 75.8. The Morgan fingerprint density at radius 1 is 0.663 bits per heavy atom. The van der Waals surface area contributed by atoms with Crippen LogP contribution in [0.15, 0.2) is 72.9 Å². The Morgan fingerprint density at radius 3 is 1.67 bits per heavy atom. The van der Waals surface area contributed by atoms with Crippen molar-refractivity contribution in [3.63, 3.8) is 0 Å². The lowest BCUT2D eigenvalue weighted by atomic mass is 9.83. The molecule has 1 unspecified atom stereocenters. The smallest absolute Gasteiger partial charge is 0.253 e. The van der Waals surface area contributed by atoms with Crippen molar-refractivity contribution in [3.05, 3.63) is 95.8 Å². The first-order valence-corrected chi connectivity index (χ1v) is 29.1. The van der Waals surface area contributed by atoms with Crippen molar-refractivity contribution in [2.45, 2.75) is 85.5 Å². The molecule has 7 amide bonds. The van der Waals surface area contributed by atoms with Gasteiger partial charge in [-0.3, -0.25) is 38.5 Å². The number of aliphatic hydroxyl groups excluding tert-OH is 1. The number of hydrogen-bond acceptors (Lipinski definition) is 16. The Kier molecular flexibility index (Phi) is 32.9. The molecule has 0 fully saturated rings. The maximum Gasteiger partial charge on any atom is 0.253 e. The topological polar surface area (TPSA) is 278 Å². The van der Waals surface area contributed by atoms with E-state index in [0.717, 1.165) is 28.7 Å². The third-order valence-electron chi connectivity index (χ3n) is 13.6. The van der Waals surface area contributed by atoms with Crippen LogP contribution in [0.1, 0.15) is 78.1 Å². The molecule has 0 radical (unpaired) electrons. The number of primary amides is 1. The fraction of sp³-hybridized carbons (Fsp3) is 0.590. The third kappa shape index (κ3) is 25.8. The van der Waals surface area contributed by atoms with Gasteiger partial charge in [0.05, 0.1) is 112 Å². The molecule has 5 N–H and O–H groups in total. The van der Waals surface area contributed by atoms with Crippen LogP contribution in [0.4, 0.5) is 8.78 Å². The molecule has 25 heteroatoms. The molecule has 4 rings (SSSR count). The quantitative estimate of drug-likeness (QED) is 0.0465. The number of hydrogen-bond donors (Lipinski definition) is 4. The summed E-state index contributed by atoms with van der Waals surface area (Å²) in [6, 6.07) is 11.6. The van der Waals surface area contributed by atoms with Gasteiger partial charge in [-0.25, -0.2) is 8.78 Å². The van der Waals surface area contributed by atoms with E-state index in [2.05, 4.69) is 10.6 Å². The molecule has 0 saturated heterocycles. The van der Waals surface area contributed by atoms with Crippen molar-refractivity contribution in [3.8, 4) is 11.1 Å². The minimum atomic E-state index is -1.09. The van der Waals surface area contributed by atoms with Gasteiger partial charge >= 0.3 is 0 Å². The van der Waals surface area contributed by atoms with E-state index in [4.69, 9.17) is 43.6 Å². The summed E-state index contributed by atoms with van der Waals surface area (Å²) in [5, 5.41) is 15.8. The van der Waals surface area contributed by atoms with Gasteiger partial charge in [0.25, 0.3) is 11.8 Å². The normalized spacial score (nSPS) is 13.5. The molecule has 3 atom stereocenters. The monoisotopic (exact) mass is 1210 g/mol. The average Bonchev–Trinajstić information content (AvgIpc) is 1.99. The van der Waals surface area contributed by atoms with E-state index in [1.54, 1.807) is 26.1 Å². The Hall–Kier alpha value is -6.55. The molecule has 0 spiro atoms. The van der Waals surface area contributed by atoms with Gasteiger partial charge in [0.1, 0.15) is 30.3 Å². The molecular formula is C61H89F2N7O16. The van der Waals surface area contributed by atoms with Crippen LogP contribution < -0.4 is 16.4 Å². The van der Waals surface area contributed by atoms with Crippen LogP contribution >= 0.6 is 0 Å². The van der Waals surface area contributed by atoms with E-state index in [-0.39, 0.29) is 70.2 Å². The second-order valence-electron chi connectivity index (χ2n) is 21.6. The molecule has 86 heavy (non-hydrogen) atoms. The zero-order chi connectivity index (χ0) is 62.9. The Bertz CT molecular complexity index is 2580. The first-order chi connectivity index (χ1) is 41.2. The highest BCUT2D eigenvalue weighted by Gasteiger charge is 2.38. The van der Waals surface area contributed by atoms with Crippen LogP contribution in [-0.2, 0) is 78.0 Å². The fourth-order valence-corrected chi connectivity index (χ4v) is 9.12. The number of nitrogens with zero attached hydrogens (tertiary/aromatic N) is 4. The molecule has 0 saturated carbocycles. The van der Waals surface area contributed by atoms with E-state index >= 15 is 4.39 Å². The summed E-state index contributed by atoms with van der Waals surface area (Å²) in [5.74, 6) is -5.16. The minimum Gasteiger partial charge on any atom is -0.387 e. The SMILES string of the molecule is CC(C)[C@H](NC(=O)CCOCCOCCOCCOCCOCCOCCOCCOCCNC(=O)CCN1C(=O)C=CC1=O)C(=O)N(CCCN(C(=O)CO)C(c1cc(-c2cc(F)ccc2F)cn1Cc1ccccc1)C(C)(C)C)[C@@H](C)C(N)=O. The second kappa shape index (κ2) is 39.3. The number of nitrogens with two attached hydrogens (primary N) is 1. The van der Waals surface area contributed by atoms with E-state index < -0.39 is 83.1 Å². The zero-order valence-corrected chi connectivity index (χ0v) is 50.6. The highest BCUT2D eigenvalue weighted by atomic mass is 19.1. The standard InChI is InChI=1S/C61H89F2N7O16/c1-44(2)57(66-53(73)18-23-79-25-27-81-29-31-83-33-35-85-37-38-86-36-34-84-32-30-82-28-26-80-24-19-65-52(72)17-22-69-54(74)15-16-55(69)75)60(78)68(45(3)59(64)77)20-10-21-70(56(76)43-71)58(61(4,5)6)51-39-47(49-40-48(62)13-14-50(49)63)42-67(51)41-46-11-8-7-9-12-46/h7-9,11-16,39-40,42,44-45,57-58,71H,10,17-38,41,43H2,1-6H3,(H2,64,77)(H,65,72)(H,66,73)/t45-,57-,58?/m0/s1. The molecule has 1 aliphatic rings. The van der Waals surface area contributed by atoms with Crippen molar-refractivity contribution < 1.29 is 85.3 Å². The molecule has 1 aliphatic heterocycles. The maximum absolute atomic E-state index is 15.3. The van der Waals surface area contributed by atoms with E-state index in [1.165, 1.54) is 28.9 Å². The number of carbonyl (C=O) groups excluding carboxylic acids is 7. The average molecular weight is 1210 g/mol. The van der Waals surface area contributed by atoms with E-state index in [0.29, 0.717) is 110 Å². The highest BCUT2D eigenvalue weighted by Crippen LogP contribution is 2.41. The molecule has 478 valence electrons. The summed E-state index contributed by atoms with van der Waals surface area (Å²) in [7, 11) is 0. The molecule has 0 aliphatic carbocycles. The largest absolute Gasteiger partial charge is 0.387 e. The van der Waals surface area contributed by atoms with Crippen LogP contribution in [0.3, 0.4) is 0 Å².